The van der Waals surface area contributed by atoms with E-state index in [9.17, 15) is 9.90 Å². The minimum atomic E-state index is -0.477. The normalized spacial score (nSPS) is 16.4. The van der Waals surface area contributed by atoms with Crippen molar-refractivity contribution in [2.45, 2.75) is 45.1 Å². The van der Waals surface area contributed by atoms with Crippen LogP contribution in [0.25, 0.3) is 5.69 Å². The maximum Gasteiger partial charge on any atom is 0.319 e. The minimum Gasteiger partial charge on any atom is -0.391 e. The third-order valence-electron chi connectivity index (χ3n) is 4.88. The molecule has 1 unspecified atom stereocenters. The molecule has 3 N–H and O–H groups in total. The molecule has 3 rings (SSSR count). The lowest BCUT2D eigenvalue weighted by Crippen LogP contribution is -2.39. The van der Waals surface area contributed by atoms with E-state index in [-0.39, 0.29) is 12.6 Å². The summed E-state index contributed by atoms with van der Waals surface area (Å²) < 4.78 is 1.78. The van der Waals surface area contributed by atoms with Gasteiger partial charge in [0.15, 0.2) is 0 Å². The summed E-state index contributed by atoms with van der Waals surface area (Å²) in [5.74, 6) is 0.299. The number of hydrogen-bond acceptors (Lipinski definition) is 3. The van der Waals surface area contributed by atoms with Crippen LogP contribution in [-0.4, -0.2) is 33.6 Å². The number of rotatable bonds is 5. The fraction of sp³-hybridized carbons (Fsp3) is 0.474. The van der Waals surface area contributed by atoms with Gasteiger partial charge in [-0.15, -0.1) is 0 Å². The van der Waals surface area contributed by atoms with Crippen LogP contribution in [0.3, 0.4) is 0 Å². The van der Waals surface area contributed by atoms with Crippen LogP contribution in [0.4, 0.5) is 10.5 Å². The predicted octanol–water partition coefficient (Wildman–Crippen LogP) is 3.24. The van der Waals surface area contributed by atoms with Crippen LogP contribution in [-0.2, 0) is 0 Å². The average Bonchev–Trinajstić information content (AvgIpc) is 3.07. The number of hydrogen-bond donors (Lipinski definition) is 3. The molecule has 134 valence electrons. The zero-order valence-corrected chi connectivity index (χ0v) is 14.6. The van der Waals surface area contributed by atoms with Gasteiger partial charge in [0.05, 0.1) is 17.5 Å². The van der Waals surface area contributed by atoms with Gasteiger partial charge in [-0.1, -0.05) is 31.4 Å². The lowest BCUT2D eigenvalue weighted by molar-refractivity contribution is 0.0863. The number of carbonyl (C=O) groups excluding carboxylic acids is 1. The Balaban J connectivity index is 1.59. The molecular weight excluding hydrogens is 316 g/mol. The summed E-state index contributed by atoms with van der Waals surface area (Å²) in [5, 5.41) is 20.2. The average molecular weight is 342 g/mol. The number of aliphatic hydroxyl groups is 1. The third kappa shape index (κ3) is 4.39. The van der Waals surface area contributed by atoms with E-state index < -0.39 is 6.10 Å². The number of aromatic nitrogens is 2. The lowest BCUT2D eigenvalue weighted by Gasteiger charge is -2.26. The summed E-state index contributed by atoms with van der Waals surface area (Å²) in [6.45, 7) is 2.24. The molecule has 0 aliphatic heterocycles. The van der Waals surface area contributed by atoms with Gasteiger partial charge in [-0.3, -0.25) is 0 Å². The first-order chi connectivity index (χ1) is 12.1. The highest BCUT2D eigenvalue weighted by atomic mass is 16.3. The van der Waals surface area contributed by atoms with Crippen molar-refractivity contribution in [1.82, 2.24) is 15.1 Å². The topological polar surface area (TPSA) is 79.2 Å². The molecule has 1 saturated carbocycles. The summed E-state index contributed by atoms with van der Waals surface area (Å²) in [6, 6.07) is 9.13. The quantitative estimate of drug-likeness (QED) is 0.780. The Morgan fingerprint density at radius 3 is 2.76 bits per heavy atom. The molecule has 1 heterocycles. The van der Waals surface area contributed by atoms with Gasteiger partial charge < -0.3 is 15.7 Å². The summed E-state index contributed by atoms with van der Waals surface area (Å²) in [6.07, 6.45) is 6.94. The molecule has 0 bridgehead atoms. The molecule has 2 aromatic rings. The Hall–Kier alpha value is -2.34. The number of aliphatic hydroxyl groups excluding tert-OH is 1. The number of anilines is 1. The largest absolute Gasteiger partial charge is 0.391 e. The van der Waals surface area contributed by atoms with Crippen LogP contribution in [0.1, 0.15) is 37.8 Å². The van der Waals surface area contributed by atoms with Crippen molar-refractivity contribution >= 4 is 11.7 Å². The van der Waals surface area contributed by atoms with E-state index in [0.29, 0.717) is 11.6 Å². The fourth-order valence-electron chi connectivity index (χ4n) is 3.44. The standard InChI is InChI=1S/C19H26N4O2/c1-14-11-12-21-23(14)17-10-6-5-9-16(17)22-19(25)20-13-18(24)15-7-3-2-4-8-15/h5-6,9-12,15,18,24H,2-4,7-8,13H2,1H3,(H2,20,22,25). The molecule has 6 nitrogen and oxygen atoms in total. The zero-order valence-electron chi connectivity index (χ0n) is 14.6. The van der Waals surface area contributed by atoms with Gasteiger partial charge >= 0.3 is 6.03 Å². The zero-order chi connectivity index (χ0) is 17.6. The van der Waals surface area contributed by atoms with Gasteiger partial charge in [0.2, 0.25) is 0 Å². The molecule has 1 aliphatic rings. The maximum absolute atomic E-state index is 12.2. The first kappa shape index (κ1) is 17.5. The fourth-order valence-corrected chi connectivity index (χ4v) is 3.44. The summed E-state index contributed by atoms with van der Waals surface area (Å²) in [4.78, 5) is 12.2. The van der Waals surface area contributed by atoms with E-state index in [2.05, 4.69) is 15.7 Å². The second kappa shape index (κ2) is 8.16. The first-order valence-corrected chi connectivity index (χ1v) is 8.98. The van der Waals surface area contributed by atoms with E-state index >= 15 is 0 Å². The summed E-state index contributed by atoms with van der Waals surface area (Å²) in [5.41, 5.74) is 2.48. The monoisotopic (exact) mass is 342 g/mol. The number of nitrogens with zero attached hydrogens (tertiary/aromatic N) is 2. The van der Waals surface area contributed by atoms with Gasteiger partial charge in [-0.2, -0.15) is 5.10 Å². The van der Waals surface area contributed by atoms with Gasteiger partial charge in [0.25, 0.3) is 0 Å². The number of urea groups is 1. The lowest BCUT2D eigenvalue weighted by atomic mass is 9.85. The van der Waals surface area contributed by atoms with Crippen LogP contribution in [0.5, 0.6) is 0 Å². The first-order valence-electron chi connectivity index (χ1n) is 8.98. The molecule has 0 spiro atoms. The number of para-hydroxylation sites is 2. The molecule has 1 aliphatic carbocycles. The van der Waals surface area contributed by atoms with Crippen molar-refractivity contribution in [2.75, 3.05) is 11.9 Å². The number of nitrogens with one attached hydrogen (secondary N) is 2. The molecular formula is C19H26N4O2. The van der Waals surface area contributed by atoms with Crippen molar-refractivity contribution in [2.24, 2.45) is 5.92 Å². The summed E-state index contributed by atoms with van der Waals surface area (Å²) in [7, 11) is 0. The SMILES string of the molecule is Cc1ccnn1-c1ccccc1NC(=O)NCC(O)C1CCCCC1. The van der Waals surface area contributed by atoms with E-state index in [0.717, 1.165) is 24.2 Å². The van der Waals surface area contributed by atoms with Crippen molar-refractivity contribution in [1.29, 1.82) is 0 Å². The van der Waals surface area contributed by atoms with Gasteiger partial charge in [-0.25, -0.2) is 9.48 Å². The van der Waals surface area contributed by atoms with Gasteiger partial charge in [0.1, 0.15) is 0 Å². The van der Waals surface area contributed by atoms with Crippen molar-refractivity contribution in [3.8, 4) is 5.69 Å². The van der Waals surface area contributed by atoms with E-state index in [1.165, 1.54) is 19.3 Å². The van der Waals surface area contributed by atoms with E-state index in [1.807, 2.05) is 37.3 Å². The molecule has 6 heteroatoms. The second-order valence-electron chi connectivity index (χ2n) is 6.70. The molecule has 1 atom stereocenters. The highest BCUT2D eigenvalue weighted by molar-refractivity contribution is 5.91. The van der Waals surface area contributed by atoms with Crippen LogP contribution in [0.15, 0.2) is 36.5 Å². The smallest absolute Gasteiger partial charge is 0.319 e. The maximum atomic E-state index is 12.2. The molecule has 2 amide bonds. The third-order valence-corrected chi connectivity index (χ3v) is 4.88. The van der Waals surface area contributed by atoms with Crippen molar-refractivity contribution < 1.29 is 9.90 Å². The number of carbonyl (C=O) groups is 1. The molecule has 0 saturated heterocycles. The Morgan fingerprint density at radius 1 is 1.28 bits per heavy atom. The Labute approximate surface area is 148 Å². The van der Waals surface area contributed by atoms with E-state index in [4.69, 9.17) is 0 Å². The number of benzene rings is 1. The Bertz CT molecular complexity index is 707. The highest BCUT2D eigenvalue weighted by Crippen LogP contribution is 2.26. The molecule has 1 aromatic heterocycles. The number of amides is 2. The summed E-state index contributed by atoms with van der Waals surface area (Å²) >= 11 is 0. The minimum absolute atomic E-state index is 0.277. The van der Waals surface area contributed by atoms with Crippen molar-refractivity contribution in [3.63, 3.8) is 0 Å². The van der Waals surface area contributed by atoms with E-state index in [1.54, 1.807) is 10.9 Å². The van der Waals surface area contributed by atoms with Crippen LogP contribution >= 0.6 is 0 Å². The van der Waals surface area contributed by atoms with Crippen LogP contribution in [0.2, 0.25) is 0 Å². The number of aryl methyl sites for hydroxylation is 1. The Kier molecular flexibility index (Phi) is 5.71. The molecule has 1 aromatic carbocycles. The highest BCUT2D eigenvalue weighted by Gasteiger charge is 2.22. The molecule has 1 fully saturated rings. The van der Waals surface area contributed by atoms with Gasteiger partial charge in [0, 0.05) is 18.4 Å². The second-order valence-corrected chi connectivity index (χ2v) is 6.70. The van der Waals surface area contributed by atoms with Crippen LogP contribution in [0, 0.1) is 12.8 Å². The molecule has 25 heavy (non-hydrogen) atoms. The van der Waals surface area contributed by atoms with Gasteiger partial charge in [-0.05, 0) is 43.9 Å². The van der Waals surface area contributed by atoms with Crippen molar-refractivity contribution in [3.05, 3.63) is 42.2 Å². The predicted molar refractivity (Wildman–Crippen MR) is 97.9 cm³/mol. The molecule has 0 radical (unpaired) electrons. The Morgan fingerprint density at radius 2 is 2.04 bits per heavy atom. The van der Waals surface area contributed by atoms with Crippen LogP contribution < -0.4 is 10.6 Å².